The van der Waals surface area contributed by atoms with Crippen LogP contribution in [0.1, 0.15) is 38.8 Å². The first-order chi connectivity index (χ1) is 12.2. The fourth-order valence-corrected chi connectivity index (χ4v) is 2.50. The third-order valence-corrected chi connectivity index (χ3v) is 4.09. The summed E-state index contributed by atoms with van der Waals surface area (Å²) in [5.74, 6) is 0.493. The van der Waals surface area contributed by atoms with E-state index in [9.17, 15) is 4.79 Å². The molecule has 0 bridgehead atoms. The summed E-state index contributed by atoms with van der Waals surface area (Å²) in [7, 11) is 1.61. The van der Waals surface area contributed by atoms with Crippen LogP contribution in [0.15, 0.2) is 42.5 Å². The molecule has 2 aromatic rings. The molecule has 0 heterocycles. The molecular weight excluding hydrogens is 326 g/mol. The summed E-state index contributed by atoms with van der Waals surface area (Å²) in [4.78, 5) is 12.5. The lowest BCUT2D eigenvalue weighted by Crippen LogP contribution is -2.32. The van der Waals surface area contributed by atoms with E-state index >= 15 is 0 Å². The fourth-order valence-electron chi connectivity index (χ4n) is 2.50. The normalized spacial score (nSPS) is 12.0. The summed E-state index contributed by atoms with van der Waals surface area (Å²) in [5.41, 5.74) is 3.01. The topological polar surface area (TPSA) is 74.2 Å². The Kier molecular flexibility index (Phi) is 5.89. The van der Waals surface area contributed by atoms with Gasteiger partial charge >= 0.3 is 0 Å². The molecule has 2 rings (SSSR count). The summed E-state index contributed by atoms with van der Waals surface area (Å²) in [6.45, 7) is 8.19. The van der Waals surface area contributed by atoms with E-state index < -0.39 is 6.04 Å². The average Bonchev–Trinajstić information content (AvgIpc) is 2.61. The van der Waals surface area contributed by atoms with Gasteiger partial charge in [-0.1, -0.05) is 32.9 Å². The van der Waals surface area contributed by atoms with Crippen LogP contribution in [-0.2, 0) is 10.2 Å². The summed E-state index contributed by atoms with van der Waals surface area (Å²) in [6.07, 6.45) is 0. The Labute approximate surface area is 155 Å². The number of nitrogens with zero attached hydrogens (tertiary/aromatic N) is 1. The van der Waals surface area contributed by atoms with Crippen LogP contribution in [0.3, 0.4) is 0 Å². The van der Waals surface area contributed by atoms with Gasteiger partial charge in [0.05, 0.1) is 24.4 Å². The van der Waals surface area contributed by atoms with Crippen LogP contribution in [0.4, 0.5) is 11.4 Å². The molecule has 2 N–H and O–H groups in total. The van der Waals surface area contributed by atoms with Crippen molar-refractivity contribution in [3.05, 3.63) is 53.6 Å². The zero-order valence-corrected chi connectivity index (χ0v) is 15.9. The Morgan fingerprint density at radius 3 is 2.54 bits per heavy atom. The second kappa shape index (κ2) is 7.92. The first-order valence-electron chi connectivity index (χ1n) is 8.50. The third-order valence-electron chi connectivity index (χ3n) is 4.09. The smallest absolute Gasteiger partial charge is 0.246 e. The number of rotatable bonds is 5. The van der Waals surface area contributed by atoms with Gasteiger partial charge in [-0.2, -0.15) is 5.26 Å². The molecule has 0 spiro atoms. The summed E-state index contributed by atoms with van der Waals surface area (Å²) >= 11 is 0. The van der Waals surface area contributed by atoms with Crippen molar-refractivity contribution >= 4 is 17.3 Å². The molecule has 1 atom stereocenters. The summed E-state index contributed by atoms with van der Waals surface area (Å²) in [5, 5.41) is 15.0. The van der Waals surface area contributed by atoms with Crippen molar-refractivity contribution in [2.24, 2.45) is 0 Å². The zero-order chi connectivity index (χ0) is 19.3. The Balaban J connectivity index is 2.16. The molecule has 0 aliphatic carbocycles. The Morgan fingerprint density at radius 1 is 1.19 bits per heavy atom. The van der Waals surface area contributed by atoms with Gasteiger partial charge in [0.25, 0.3) is 0 Å². The highest BCUT2D eigenvalue weighted by atomic mass is 16.5. The maximum absolute atomic E-state index is 12.5. The molecule has 5 nitrogen and oxygen atoms in total. The molecule has 1 amide bonds. The molecule has 0 aromatic heterocycles. The van der Waals surface area contributed by atoms with Gasteiger partial charge in [-0.15, -0.1) is 0 Å². The molecule has 26 heavy (non-hydrogen) atoms. The number of amides is 1. The van der Waals surface area contributed by atoms with E-state index in [-0.39, 0.29) is 11.3 Å². The van der Waals surface area contributed by atoms with Gasteiger partial charge in [0.2, 0.25) is 5.91 Å². The number of carbonyl (C=O) groups excluding carboxylic acids is 1. The van der Waals surface area contributed by atoms with E-state index in [4.69, 9.17) is 10.00 Å². The molecule has 0 saturated heterocycles. The van der Waals surface area contributed by atoms with Crippen molar-refractivity contribution in [1.82, 2.24) is 0 Å². The van der Waals surface area contributed by atoms with Gasteiger partial charge in [-0.3, -0.25) is 4.79 Å². The number of nitriles is 1. The van der Waals surface area contributed by atoms with Crippen molar-refractivity contribution < 1.29 is 9.53 Å². The van der Waals surface area contributed by atoms with Crippen LogP contribution < -0.4 is 15.4 Å². The van der Waals surface area contributed by atoms with Crippen LogP contribution in [0.2, 0.25) is 0 Å². The minimum atomic E-state index is -0.482. The highest BCUT2D eigenvalue weighted by molar-refractivity contribution is 5.96. The number of anilines is 2. The predicted molar refractivity (Wildman–Crippen MR) is 105 cm³/mol. The molecule has 0 aliphatic heterocycles. The predicted octanol–water partition coefficient (Wildman–Crippen LogP) is 4.30. The van der Waals surface area contributed by atoms with Crippen molar-refractivity contribution in [2.75, 3.05) is 17.7 Å². The fraction of sp³-hybridized carbons (Fsp3) is 0.333. The minimum Gasteiger partial charge on any atom is -0.495 e. The highest BCUT2D eigenvalue weighted by Gasteiger charge is 2.19. The lowest BCUT2D eigenvalue weighted by Gasteiger charge is -2.23. The highest BCUT2D eigenvalue weighted by Crippen LogP contribution is 2.31. The van der Waals surface area contributed by atoms with Crippen LogP contribution in [0.25, 0.3) is 0 Å². The minimum absolute atomic E-state index is 0.00800. The van der Waals surface area contributed by atoms with E-state index in [0.29, 0.717) is 17.0 Å². The third kappa shape index (κ3) is 4.76. The SMILES string of the molecule is COc1ccc(C(C)(C)C)cc1N[C@@H](C)C(=O)Nc1cccc(C#N)c1. The maximum Gasteiger partial charge on any atom is 0.246 e. The second-order valence-electron chi connectivity index (χ2n) is 7.21. The number of carbonyl (C=O) groups is 1. The Hall–Kier alpha value is -3.00. The van der Waals surface area contributed by atoms with Gasteiger partial charge in [0, 0.05) is 5.69 Å². The summed E-state index contributed by atoms with van der Waals surface area (Å²) in [6, 6.07) is 14.4. The Morgan fingerprint density at radius 2 is 1.92 bits per heavy atom. The van der Waals surface area contributed by atoms with E-state index in [1.807, 2.05) is 18.2 Å². The van der Waals surface area contributed by atoms with Crippen LogP contribution in [0.5, 0.6) is 5.75 Å². The molecule has 136 valence electrons. The number of hydrogen-bond donors (Lipinski definition) is 2. The van der Waals surface area contributed by atoms with Crippen molar-refractivity contribution in [3.8, 4) is 11.8 Å². The molecule has 5 heteroatoms. The van der Waals surface area contributed by atoms with Crippen molar-refractivity contribution in [3.63, 3.8) is 0 Å². The molecule has 0 unspecified atom stereocenters. The first kappa shape index (κ1) is 19.3. The van der Waals surface area contributed by atoms with Crippen LogP contribution in [0, 0.1) is 11.3 Å². The molecule has 2 aromatic carbocycles. The van der Waals surface area contributed by atoms with Gasteiger partial charge in [0.1, 0.15) is 11.8 Å². The standard InChI is InChI=1S/C21H25N3O2/c1-14(20(25)24-17-8-6-7-15(11-17)13-22)23-18-12-16(21(2,3)4)9-10-19(18)26-5/h6-12,14,23H,1-5H3,(H,24,25)/t14-/m0/s1. The first-order valence-corrected chi connectivity index (χ1v) is 8.50. The zero-order valence-electron chi connectivity index (χ0n) is 15.9. The van der Waals surface area contributed by atoms with E-state index in [0.717, 1.165) is 11.3 Å². The quantitative estimate of drug-likeness (QED) is 0.842. The number of methoxy groups -OCH3 is 1. The molecule has 0 fully saturated rings. The van der Waals surface area contributed by atoms with Gasteiger partial charge < -0.3 is 15.4 Å². The number of nitrogens with one attached hydrogen (secondary N) is 2. The van der Waals surface area contributed by atoms with Crippen LogP contribution in [-0.4, -0.2) is 19.1 Å². The molecule has 0 aliphatic rings. The number of benzene rings is 2. The largest absolute Gasteiger partial charge is 0.495 e. The molecule has 0 saturated carbocycles. The monoisotopic (exact) mass is 351 g/mol. The Bertz CT molecular complexity index is 832. The van der Waals surface area contributed by atoms with E-state index in [2.05, 4.69) is 37.5 Å². The second-order valence-corrected chi connectivity index (χ2v) is 7.21. The lowest BCUT2D eigenvalue weighted by molar-refractivity contribution is -0.116. The van der Waals surface area contributed by atoms with Gasteiger partial charge in [-0.05, 0) is 48.2 Å². The maximum atomic E-state index is 12.5. The average molecular weight is 351 g/mol. The van der Waals surface area contributed by atoms with Crippen molar-refractivity contribution in [1.29, 1.82) is 5.26 Å². The summed E-state index contributed by atoms with van der Waals surface area (Å²) < 4.78 is 5.41. The van der Waals surface area contributed by atoms with Gasteiger partial charge in [-0.25, -0.2) is 0 Å². The number of ether oxygens (including phenoxy) is 1. The van der Waals surface area contributed by atoms with Crippen LogP contribution >= 0.6 is 0 Å². The molecular formula is C21H25N3O2. The number of hydrogen-bond acceptors (Lipinski definition) is 4. The van der Waals surface area contributed by atoms with E-state index in [1.165, 1.54) is 0 Å². The molecule has 0 radical (unpaired) electrons. The van der Waals surface area contributed by atoms with Crippen molar-refractivity contribution in [2.45, 2.75) is 39.2 Å². The lowest BCUT2D eigenvalue weighted by atomic mass is 9.86. The van der Waals surface area contributed by atoms with Gasteiger partial charge in [0.15, 0.2) is 0 Å². The van der Waals surface area contributed by atoms with E-state index in [1.54, 1.807) is 38.3 Å².